The Balaban J connectivity index is 1.99. The molecule has 0 aliphatic rings. The normalized spacial score (nSPS) is 12.5. The van der Waals surface area contributed by atoms with Crippen molar-refractivity contribution in [2.75, 3.05) is 5.32 Å². The number of hydrogen-bond acceptors (Lipinski definition) is 4. The van der Waals surface area contributed by atoms with E-state index in [0.717, 1.165) is 21.0 Å². The van der Waals surface area contributed by atoms with Crippen LogP contribution in [0.5, 0.6) is 0 Å². The monoisotopic (exact) mass is 299 g/mol. The average Bonchev–Trinajstić information content (AvgIpc) is 2.75. The number of aromatic amines is 1. The summed E-state index contributed by atoms with van der Waals surface area (Å²) in [6.07, 6.45) is 0. The van der Waals surface area contributed by atoms with Crippen molar-refractivity contribution in [2.45, 2.75) is 26.8 Å². The minimum absolute atomic E-state index is 0.0569. The van der Waals surface area contributed by atoms with Gasteiger partial charge in [-0.15, -0.1) is 11.3 Å². The van der Waals surface area contributed by atoms with Crippen LogP contribution in [0.15, 0.2) is 35.1 Å². The molecular weight excluding hydrogens is 282 g/mol. The Hall–Kier alpha value is -2.14. The van der Waals surface area contributed by atoms with E-state index < -0.39 is 0 Å². The van der Waals surface area contributed by atoms with Crippen LogP contribution in [0.3, 0.4) is 0 Å². The van der Waals surface area contributed by atoms with E-state index in [1.165, 1.54) is 0 Å². The van der Waals surface area contributed by atoms with Gasteiger partial charge in [-0.05, 0) is 38.5 Å². The van der Waals surface area contributed by atoms with E-state index in [4.69, 9.17) is 0 Å². The van der Waals surface area contributed by atoms with E-state index in [1.807, 2.05) is 51.1 Å². The first kappa shape index (κ1) is 13.8. The van der Waals surface area contributed by atoms with Gasteiger partial charge in [0.25, 0.3) is 5.56 Å². The fraction of sp³-hybridized carbons (Fsp3) is 0.250. The number of rotatable bonds is 3. The second kappa shape index (κ2) is 5.33. The van der Waals surface area contributed by atoms with Crippen molar-refractivity contribution in [3.8, 4) is 0 Å². The van der Waals surface area contributed by atoms with Gasteiger partial charge in [-0.25, -0.2) is 4.98 Å². The van der Waals surface area contributed by atoms with Gasteiger partial charge in [0.1, 0.15) is 10.7 Å². The zero-order valence-corrected chi connectivity index (χ0v) is 13.0. The van der Waals surface area contributed by atoms with Gasteiger partial charge in [-0.3, -0.25) is 4.79 Å². The molecule has 2 N–H and O–H groups in total. The van der Waals surface area contributed by atoms with Gasteiger partial charge < -0.3 is 10.3 Å². The fourth-order valence-corrected chi connectivity index (χ4v) is 3.37. The van der Waals surface area contributed by atoms with Gasteiger partial charge in [0.15, 0.2) is 0 Å². The van der Waals surface area contributed by atoms with E-state index in [0.29, 0.717) is 11.2 Å². The van der Waals surface area contributed by atoms with Gasteiger partial charge >= 0.3 is 0 Å². The van der Waals surface area contributed by atoms with Crippen molar-refractivity contribution >= 4 is 27.2 Å². The quantitative estimate of drug-likeness (QED) is 0.774. The summed E-state index contributed by atoms with van der Waals surface area (Å²) in [6.45, 7) is 5.98. The molecular formula is C16H17N3OS. The Kier molecular flexibility index (Phi) is 3.51. The Morgan fingerprint density at radius 2 is 1.95 bits per heavy atom. The minimum atomic E-state index is -0.0628. The number of nitrogens with zero attached hydrogens (tertiary/aromatic N) is 1. The summed E-state index contributed by atoms with van der Waals surface area (Å²) in [5.74, 6) is 0.664. The molecule has 1 aromatic carbocycles. The SMILES string of the molecule is Cc1sc2nc([C@H](C)Nc3ccccc3)[nH]c(=O)c2c1C. The number of benzene rings is 1. The van der Waals surface area contributed by atoms with Crippen LogP contribution in [0.2, 0.25) is 0 Å². The highest BCUT2D eigenvalue weighted by atomic mass is 32.1. The third-order valence-electron chi connectivity index (χ3n) is 3.62. The first-order valence-electron chi connectivity index (χ1n) is 6.87. The number of aryl methyl sites for hydroxylation is 2. The maximum Gasteiger partial charge on any atom is 0.259 e. The van der Waals surface area contributed by atoms with Crippen molar-refractivity contribution < 1.29 is 0 Å². The summed E-state index contributed by atoms with van der Waals surface area (Å²) in [5.41, 5.74) is 1.98. The fourth-order valence-electron chi connectivity index (χ4n) is 2.33. The largest absolute Gasteiger partial charge is 0.375 e. The van der Waals surface area contributed by atoms with Crippen LogP contribution in [0.25, 0.3) is 10.2 Å². The minimum Gasteiger partial charge on any atom is -0.375 e. The lowest BCUT2D eigenvalue weighted by atomic mass is 10.2. The number of anilines is 1. The summed E-state index contributed by atoms with van der Waals surface area (Å²) in [7, 11) is 0. The standard InChI is InChI=1S/C16H17N3OS/c1-9-11(3)21-16-13(9)15(20)18-14(19-16)10(2)17-12-7-5-4-6-8-12/h4-8,10,17H,1-3H3,(H,18,19,20)/t10-/m0/s1. The predicted octanol–water partition coefficient (Wildman–Crippen LogP) is 3.77. The number of fused-ring (bicyclic) bond motifs is 1. The van der Waals surface area contributed by atoms with E-state index in [-0.39, 0.29) is 11.6 Å². The van der Waals surface area contributed by atoms with E-state index in [1.54, 1.807) is 11.3 Å². The second-order valence-corrected chi connectivity index (χ2v) is 6.35. The highest BCUT2D eigenvalue weighted by molar-refractivity contribution is 7.18. The van der Waals surface area contributed by atoms with Crippen LogP contribution in [-0.2, 0) is 0 Å². The van der Waals surface area contributed by atoms with Crippen molar-refractivity contribution in [3.63, 3.8) is 0 Å². The maximum absolute atomic E-state index is 12.3. The molecule has 1 atom stereocenters. The van der Waals surface area contributed by atoms with Crippen molar-refractivity contribution in [1.82, 2.24) is 9.97 Å². The molecule has 0 unspecified atom stereocenters. The van der Waals surface area contributed by atoms with Crippen LogP contribution < -0.4 is 10.9 Å². The highest BCUT2D eigenvalue weighted by Gasteiger charge is 2.15. The van der Waals surface area contributed by atoms with E-state index in [2.05, 4.69) is 15.3 Å². The van der Waals surface area contributed by atoms with Gasteiger partial charge in [0.05, 0.1) is 11.4 Å². The number of nitrogens with one attached hydrogen (secondary N) is 2. The first-order chi connectivity index (χ1) is 10.1. The molecule has 0 saturated heterocycles. The molecule has 2 heterocycles. The molecule has 0 radical (unpaired) electrons. The molecule has 0 fully saturated rings. The van der Waals surface area contributed by atoms with Gasteiger partial charge in [0.2, 0.25) is 0 Å². The third-order valence-corrected chi connectivity index (χ3v) is 4.73. The van der Waals surface area contributed by atoms with Crippen molar-refractivity contribution in [1.29, 1.82) is 0 Å². The Labute approximate surface area is 126 Å². The molecule has 4 nitrogen and oxygen atoms in total. The van der Waals surface area contributed by atoms with Gasteiger partial charge in [-0.2, -0.15) is 0 Å². The molecule has 21 heavy (non-hydrogen) atoms. The molecule has 3 rings (SSSR count). The topological polar surface area (TPSA) is 57.8 Å². The van der Waals surface area contributed by atoms with Crippen LogP contribution in [0.1, 0.15) is 29.2 Å². The molecule has 0 spiro atoms. The molecule has 3 aromatic rings. The van der Waals surface area contributed by atoms with Gasteiger partial charge in [0, 0.05) is 10.6 Å². The molecule has 0 bridgehead atoms. The summed E-state index contributed by atoms with van der Waals surface area (Å²) >= 11 is 1.57. The molecule has 108 valence electrons. The average molecular weight is 299 g/mol. The predicted molar refractivity (Wildman–Crippen MR) is 88.2 cm³/mol. The first-order valence-corrected chi connectivity index (χ1v) is 7.69. The Bertz CT molecular complexity index is 836. The number of para-hydroxylation sites is 1. The molecule has 2 aromatic heterocycles. The molecule has 5 heteroatoms. The number of thiophene rings is 1. The number of H-pyrrole nitrogens is 1. The van der Waals surface area contributed by atoms with E-state index in [9.17, 15) is 4.79 Å². The molecule has 0 saturated carbocycles. The molecule has 0 aliphatic carbocycles. The lowest BCUT2D eigenvalue weighted by molar-refractivity contribution is 0.792. The number of aromatic nitrogens is 2. The van der Waals surface area contributed by atoms with Crippen molar-refractivity contribution in [2.24, 2.45) is 0 Å². The summed E-state index contributed by atoms with van der Waals surface area (Å²) < 4.78 is 0. The molecule has 0 aliphatic heterocycles. The summed E-state index contributed by atoms with van der Waals surface area (Å²) in [6, 6.07) is 9.84. The van der Waals surface area contributed by atoms with Crippen LogP contribution >= 0.6 is 11.3 Å². The smallest absolute Gasteiger partial charge is 0.259 e. The lowest BCUT2D eigenvalue weighted by Crippen LogP contribution is -2.17. The highest BCUT2D eigenvalue weighted by Crippen LogP contribution is 2.26. The zero-order chi connectivity index (χ0) is 15.0. The lowest BCUT2D eigenvalue weighted by Gasteiger charge is -2.14. The number of hydrogen-bond donors (Lipinski definition) is 2. The third kappa shape index (κ3) is 2.56. The van der Waals surface area contributed by atoms with Crippen LogP contribution in [0, 0.1) is 13.8 Å². The van der Waals surface area contributed by atoms with Gasteiger partial charge in [-0.1, -0.05) is 18.2 Å². The Morgan fingerprint density at radius 1 is 1.24 bits per heavy atom. The van der Waals surface area contributed by atoms with E-state index >= 15 is 0 Å². The zero-order valence-electron chi connectivity index (χ0n) is 12.2. The maximum atomic E-state index is 12.3. The summed E-state index contributed by atoms with van der Waals surface area (Å²) in [5, 5.41) is 4.06. The summed E-state index contributed by atoms with van der Waals surface area (Å²) in [4.78, 5) is 21.7. The van der Waals surface area contributed by atoms with Crippen molar-refractivity contribution in [3.05, 3.63) is 57.0 Å². The Morgan fingerprint density at radius 3 is 2.67 bits per heavy atom. The van der Waals surface area contributed by atoms with Crippen LogP contribution in [-0.4, -0.2) is 9.97 Å². The molecule has 0 amide bonds. The van der Waals surface area contributed by atoms with Crippen LogP contribution in [0.4, 0.5) is 5.69 Å². The second-order valence-electron chi connectivity index (χ2n) is 5.15.